The highest BCUT2D eigenvalue weighted by atomic mass is 79.9. The minimum atomic E-state index is -8.58. The first-order valence-electron chi connectivity index (χ1n) is 8.96. The number of alkyl halides is 19. The van der Waals surface area contributed by atoms with Crippen molar-refractivity contribution in [3.8, 4) is 0 Å². The van der Waals surface area contributed by atoms with Gasteiger partial charge in [0.15, 0.2) is 5.41 Å². The fourth-order valence-corrected chi connectivity index (χ4v) is 5.40. The molecule has 0 aromatic heterocycles. The van der Waals surface area contributed by atoms with E-state index in [-0.39, 0.29) is 0 Å². The van der Waals surface area contributed by atoms with Crippen LogP contribution in [0.4, 0.5) is 79.0 Å². The zero-order valence-corrected chi connectivity index (χ0v) is 18.4. The summed E-state index contributed by atoms with van der Waals surface area (Å²) in [4.78, 5) is 10.8. The quantitative estimate of drug-likeness (QED) is 0.180. The first kappa shape index (κ1) is 31.1. The Hall–Kier alpha value is -1.39. The molecular weight excluding hydrogens is 666 g/mol. The first-order valence-corrected chi connectivity index (χ1v) is 10.1. The van der Waals surface area contributed by atoms with E-state index >= 15 is 17.6 Å². The van der Waals surface area contributed by atoms with Crippen molar-refractivity contribution < 1.29 is 98.4 Å². The van der Waals surface area contributed by atoms with Crippen LogP contribution in [0.25, 0.3) is 0 Å². The van der Waals surface area contributed by atoms with E-state index in [0.29, 0.717) is 0 Å². The summed E-state index contributed by atoms with van der Waals surface area (Å²) in [6.45, 7) is -4.15. The summed E-state index contributed by atoms with van der Waals surface area (Å²) in [6, 6.07) is 0. The molecule has 4 fully saturated rings. The molecule has 4 aliphatic carbocycles. The molecule has 0 heterocycles. The van der Waals surface area contributed by atoms with E-state index < -0.39 is 88.0 Å². The van der Waals surface area contributed by atoms with Crippen molar-refractivity contribution in [2.45, 2.75) is 59.3 Å². The number of carbonyl (C=O) groups excluding carboxylic acids is 1. The van der Waals surface area contributed by atoms with Gasteiger partial charge in [0.1, 0.15) is 5.33 Å². The monoisotopic (exact) mass is 670 g/mol. The Bertz CT molecular complexity index is 1020. The SMILES string of the molecule is O=C(CBr)OC(F)(F)OC(F)(F)C12C(F)(F)C3(F)C(F)(F)C(F)(C(F)(F)C(CO)(C3(F)F)C1(F)F)C2(F)F. The molecule has 23 heteroatoms. The number of hydrogen-bond acceptors (Lipinski definition) is 4. The predicted molar refractivity (Wildman–Crippen MR) is 80.2 cm³/mol. The van der Waals surface area contributed by atoms with Crippen molar-refractivity contribution in [2.24, 2.45) is 10.8 Å². The Morgan fingerprint density at radius 2 is 1.03 bits per heavy atom. The van der Waals surface area contributed by atoms with Crippen molar-refractivity contribution in [2.75, 3.05) is 11.9 Å². The third-order valence-corrected chi connectivity index (χ3v) is 7.34. The zero-order chi connectivity index (χ0) is 30.4. The molecule has 0 radical (unpaired) electrons. The fraction of sp³-hybridized carbons (Fsp3) is 0.933. The minimum absolute atomic E-state index is 1.47. The number of aliphatic hydroxyl groups is 1. The molecule has 0 saturated heterocycles. The highest BCUT2D eigenvalue weighted by molar-refractivity contribution is 9.09. The second kappa shape index (κ2) is 7.08. The Morgan fingerprint density at radius 3 is 1.34 bits per heavy atom. The zero-order valence-electron chi connectivity index (χ0n) is 16.8. The first-order chi connectivity index (χ1) is 16.5. The topological polar surface area (TPSA) is 55.8 Å². The van der Waals surface area contributed by atoms with Gasteiger partial charge in [0, 0.05) is 0 Å². The van der Waals surface area contributed by atoms with Crippen LogP contribution in [0.5, 0.6) is 0 Å². The van der Waals surface area contributed by atoms with Crippen molar-refractivity contribution in [3.63, 3.8) is 0 Å². The lowest BCUT2D eigenvalue weighted by atomic mass is 9.32. The number of rotatable bonds is 6. The van der Waals surface area contributed by atoms with Gasteiger partial charge in [0.2, 0.25) is 0 Å². The van der Waals surface area contributed by atoms with Gasteiger partial charge in [0.05, 0.1) is 6.61 Å². The standard InChI is InChI=1S/C15H5BrF18O4/c16-1-3(36)37-15(33,34)38-14(31,32)5-8(19,20)4(2-35)9(21,22)6(17,11(5,25)26)13(29,30)7(18,10(4,23)24)12(5,27)28/h35H,1-2H2. The third-order valence-electron chi connectivity index (χ3n) is 6.88. The molecule has 0 spiro atoms. The molecule has 4 bridgehead atoms. The smallest absolute Gasteiger partial charge is 0.395 e. The van der Waals surface area contributed by atoms with E-state index in [4.69, 9.17) is 5.11 Å². The maximum absolute atomic E-state index is 15.2. The summed E-state index contributed by atoms with van der Waals surface area (Å²) in [5, 5.41) is 7.46. The van der Waals surface area contributed by atoms with Crippen LogP contribution in [0.3, 0.4) is 0 Å². The van der Waals surface area contributed by atoms with E-state index in [1.165, 1.54) is 0 Å². The molecule has 38 heavy (non-hydrogen) atoms. The molecule has 4 aliphatic rings. The van der Waals surface area contributed by atoms with Crippen LogP contribution in [0.15, 0.2) is 0 Å². The summed E-state index contributed by atoms with van der Waals surface area (Å²) < 4.78 is 270. The molecular formula is C15H5BrF18O4. The molecule has 4 nitrogen and oxygen atoms in total. The Balaban J connectivity index is 2.62. The van der Waals surface area contributed by atoms with E-state index in [9.17, 15) is 66.3 Å². The van der Waals surface area contributed by atoms with Crippen molar-refractivity contribution in [1.82, 2.24) is 0 Å². The number of aliphatic hydroxyl groups excluding tert-OH is 1. The summed E-state index contributed by atoms with van der Waals surface area (Å²) >= 11 is 2.01. The van der Waals surface area contributed by atoms with Gasteiger partial charge in [-0.2, -0.15) is 17.6 Å². The molecule has 1 N–H and O–H groups in total. The Morgan fingerprint density at radius 1 is 0.658 bits per heavy atom. The van der Waals surface area contributed by atoms with Gasteiger partial charge in [-0.3, -0.25) is 4.79 Å². The fourth-order valence-electron chi connectivity index (χ4n) is 5.28. The molecule has 0 aromatic carbocycles. The van der Waals surface area contributed by atoms with E-state index in [0.717, 1.165) is 0 Å². The van der Waals surface area contributed by atoms with Crippen LogP contribution in [-0.2, 0) is 14.3 Å². The van der Waals surface area contributed by atoms with E-state index in [1.807, 2.05) is 20.7 Å². The summed E-state index contributed by atoms with van der Waals surface area (Å²) in [5.41, 5.74) is -32.3. The second-order valence-corrected chi connectivity index (χ2v) is 8.83. The number of ether oxygens (including phenoxy) is 2. The minimum Gasteiger partial charge on any atom is -0.395 e. The van der Waals surface area contributed by atoms with Gasteiger partial charge < -0.3 is 9.84 Å². The normalized spacial score (nSPS) is 41.2. The molecule has 222 valence electrons. The molecule has 0 aliphatic heterocycles. The van der Waals surface area contributed by atoms with Crippen molar-refractivity contribution >= 4 is 21.9 Å². The lowest BCUT2D eigenvalue weighted by Gasteiger charge is -2.77. The van der Waals surface area contributed by atoms with Crippen LogP contribution in [0, 0.1) is 10.8 Å². The summed E-state index contributed by atoms with van der Waals surface area (Å²) in [6.07, 6.45) is -14.9. The van der Waals surface area contributed by atoms with Crippen LogP contribution in [-0.4, -0.2) is 82.3 Å². The van der Waals surface area contributed by atoms with Gasteiger partial charge in [-0.25, -0.2) is 57.4 Å². The van der Waals surface area contributed by atoms with Gasteiger partial charge in [0.25, 0.3) is 11.3 Å². The van der Waals surface area contributed by atoms with Gasteiger partial charge >= 0.3 is 59.3 Å². The van der Waals surface area contributed by atoms with Gasteiger partial charge in [-0.15, -0.1) is 8.78 Å². The maximum Gasteiger partial charge on any atom is 0.542 e. The second-order valence-electron chi connectivity index (χ2n) is 8.27. The molecule has 4 rings (SSSR count). The summed E-state index contributed by atoms with van der Waals surface area (Å²) in [5.74, 6) is -52.2. The number of hydrogen-bond donors (Lipinski definition) is 1. The largest absolute Gasteiger partial charge is 0.542 e. The number of esters is 1. The molecule has 2 unspecified atom stereocenters. The van der Waals surface area contributed by atoms with Crippen LogP contribution in [0.1, 0.15) is 0 Å². The van der Waals surface area contributed by atoms with E-state index in [2.05, 4.69) is 4.74 Å². The van der Waals surface area contributed by atoms with Crippen LogP contribution >= 0.6 is 15.9 Å². The van der Waals surface area contributed by atoms with Crippen LogP contribution in [0.2, 0.25) is 0 Å². The van der Waals surface area contributed by atoms with Crippen molar-refractivity contribution in [3.05, 3.63) is 0 Å². The number of halogens is 19. The average molecular weight is 671 g/mol. The van der Waals surface area contributed by atoms with Gasteiger partial charge in [-0.1, -0.05) is 15.9 Å². The lowest BCUT2D eigenvalue weighted by molar-refractivity contribution is -0.655. The highest BCUT2D eigenvalue weighted by Gasteiger charge is 3.24. The third kappa shape index (κ3) is 2.26. The Kier molecular flexibility index (Phi) is 5.80. The Labute approximate surface area is 203 Å². The average Bonchev–Trinajstić information content (AvgIpc) is 2.67. The molecule has 2 atom stereocenters. The predicted octanol–water partition coefficient (Wildman–Crippen LogP) is 5.32. The van der Waals surface area contributed by atoms with Crippen molar-refractivity contribution in [1.29, 1.82) is 0 Å². The van der Waals surface area contributed by atoms with E-state index in [1.54, 1.807) is 0 Å². The molecule has 0 amide bonds. The summed E-state index contributed by atoms with van der Waals surface area (Å²) in [7, 11) is 0. The number of carbonyl (C=O) groups is 1. The van der Waals surface area contributed by atoms with Gasteiger partial charge in [-0.05, 0) is 0 Å². The van der Waals surface area contributed by atoms with Crippen LogP contribution < -0.4 is 0 Å². The maximum atomic E-state index is 15.2. The lowest BCUT2D eigenvalue weighted by Crippen LogP contribution is -3.08. The molecule has 0 aromatic rings. The molecule has 4 saturated carbocycles. The highest BCUT2D eigenvalue weighted by Crippen LogP contribution is 2.94.